The number of rotatable bonds is 8. The Balaban J connectivity index is 2.06. The molecule has 0 aliphatic heterocycles. The van der Waals surface area contributed by atoms with Gasteiger partial charge in [-0.25, -0.2) is 14.0 Å². The van der Waals surface area contributed by atoms with Crippen molar-refractivity contribution in [1.29, 1.82) is 0 Å². The molecule has 0 aromatic heterocycles. The summed E-state index contributed by atoms with van der Waals surface area (Å²) in [5.41, 5.74) is 0.313. The summed E-state index contributed by atoms with van der Waals surface area (Å²) < 4.78 is 24.9. The van der Waals surface area contributed by atoms with Crippen LogP contribution >= 0.6 is 0 Å². The fourth-order valence-corrected chi connectivity index (χ4v) is 2.52. The van der Waals surface area contributed by atoms with Gasteiger partial charge in [0.1, 0.15) is 24.1 Å². The Morgan fingerprint density at radius 3 is 2.41 bits per heavy atom. The summed E-state index contributed by atoms with van der Waals surface area (Å²) in [5, 5.41) is 2.35. The first-order valence-corrected chi connectivity index (χ1v) is 9.11. The van der Waals surface area contributed by atoms with E-state index in [0.717, 1.165) is 11.6 Å². The van der Waals surface area contributed by atoms with Crippen LogP contribution in [0.3, 0.4) is 0 Å². The first-order valence-electron chi connectivity index (χ1n) is 9.11. The number of nitrogens with one attached hydrogen (secondary N) is 1. The molecule has 0 spiro atoms. The molecular weight excluding hydrogens is 377 g/mol. The van der Waals surface area contributed by atoms with Crippen molar-refractivity contribution in [2.75, 3.05) is 0 Å². The molecule has 0 unspecified atom stereocenters. The Morgan fingerprint density at radius 1 is 1.14 bits per heavy atom. The highest BCUT2D eigenvalue weighted by Crippen LogP contribution is 2.17. The zero-order valence-corrected chi connectivity index (χ0v) is 16.6. The minimum absolute atomic E-state index is 0.0385. The average molecular weight is 401 g/mol. The summed E-state index contributed by atoms with van der Waals surface area (Å²) >= 11 is 0. The normalized spacial score (nSPS) is 12.0. The number of ether oxygens (including phenoxy) is 2. The first-order chi connectivity index (χ1) is 13.7. The van der Waals surface area contributed by atoms with Gasteiger partial charge in [-0.1, -0.05) is 36.4 Å². The van der Waals surface area contributed by atoms with E-state index < -0.39 is 29.4 Å². The first kappa shape index (κ1) is 22.1. The second-order valence-electron chi connectivity index (χ2n) is 7.44. The number of halogens is 1. The largest absolute Gasteiger partial charge is 0.459 e. The predicted octanol–water partition coefficient (Wildman–Crippen LogP) is 3.18. The number of amides is 1. The van der Waals surface area contributed by atoms with Gasteiger partial charge in [0.2, 0.25) is 6.41 Å². The third-order valence-corrected chi connectivity index (χ3v) is 3.89. The van der Waals surface area contributed by atoms with Crippen molar-refractivity contribution < 1.29 is 28.2 Å². The highest BCUT2D eigenvalue weighted by atomic mass is 19.1. The van der Waals surface area contributed by atoms with Gasteiger partial charge in [-0.05, 0) is 44.0 Å². The van der Waals surface area contributed by atoms with Crippen molar-refractivity contribution >= 4 is 18.3 Å². The number of hydrogen-bond donors (Lipinski definition) is 1. The van der Waals surface area contributed by atoms with E-state index >= 15 is 0 Å². The van der Waals surface area contributed by atoms with E-state index in [9.17, 15) is 18.8 Å². The highest BCUT2D eigenvalue weighted by Gasteiger charge is 2.23. The lowest BCUT2D eigenvalue weighted by Gasteiger charge is -2.20. The van der Waals surface area contributed by atoms with E-state index in [1.165, 1.54) is 12.1 Å². The van der Waals surface area contributed by atoms with Gasteiger partial charge < -0.3 is 14.8 Å². The van der Waals surface area contributed by atoms with Crippen LogP contribution in [0.15, 0.2) is 48.5 Å². The third-order valence-electron chi connectivity index (χ3n) is 3.89. The Morgan fingerprint density at radius 2 is 1.83 bits per heavy atom. The second kappa shape index (κ2) is 9.82. The summed E-state index contributed by atoms with van der Waals surface area (Å²) in [7, 11) is 0. The SMILES string of the molecule is CC(C)(C)OC(=O)c1ccc(C[C@H](NC=O)C(=O)OCc2ccccc2)c(F)c1. The van der Waals surface area contributed by atoms with E-state index in [0.29, 0.717) is 6.41 Å². The molecule has 0 aliphatic rings. The summed E-state index contributed by atoms with van der Waals surface area (Å²) in [6, 6.07) is 11.9. The Bertz CT molecular complexity index is 861. The molecule has 0 saturated carbocycles. The van der Waals surface area contributed by atoms with Crippen LogP contribution in [0.1, 0.15) is 42.3 Å². The van der Waals surface area contributed by atoms with Crippen molar-refractivity contribution in [2.45, 2.75) is 45.4 Å². The molecule has 0 saturated heterocycles. The van der Waals surface area contributed by atoms with E-state index in [4.69, 9.17) is 9.47 Å². The fourth-order valence-electron chi connectivity index (χ4n) is 2.52. The molecule has 2 aromatic carbocycles. The second-order valence-corrected chi connectivity index (χ2v) is 7.44. The summed E-state index contributed by atoms with van der Waals surface area (Å²) in [4.78, 5) is 35.2. The summed E-state index contributed by atoms with van der Waals surface area (Å²) in [5.74, 6) is -2.01. The summed E-state index contributed by atoms with van der Waals surface area (Å²) in [6.45, 7) is 5.18. The topological polar surface area (TPSA) is 81.7 Å². The Kier molecular flexibility index (Phi) is 7.47. The highest BCUT2D eigenvalue weighted by molar-refractivity contribution is 5.89. The van der Waals surface area contributed by atoms with Gasteiger partial charge in [0.25, 0.3) is 0 Å². The lowest BCUT2D eigenvalue weighted by molar-refractivity contribution is -0.148. The van der Waals surface area contributed by atoms with Crippen LogP contribution < -0.4 is 5.32 Å². The Hall–Kier alpha value is -3.22. The number of benzene rings is 2. The standard InChI is InChI=1S/C22H24FNO5/c1-22(2,3)29-20(26)17-10-9-16(18(23)11-17)12-19(24-14-25)21(27)28-13-15-7-5-4-6-8-15/h4-11,14,19H,12-13H2,1-3H3,(H,24,25)/t19-/m0/s1. The third kappa shape index (κ3) is 7.03. The lowest BCUT2D eigenvalue weighted by atomic mass is 10.0. The molecule has 1 atom stereocenters. The molecule has 0 fully saturated rings. The molecule has 29 heavy (non-hydrogen) atoms. The molecule has 154 valence electrons. The van der Waals surface area contributed by atoms with Crippen molar-refractivity contribution in [2.24, 2.45) is 0 Å². The van der Waals surface area contributed by atoms with Gasteiger partial charge >= 0.3 is 11.9 Å². The van der Waals surface area contributed by atoms with Gasteiger partial charge in [-0.3, -0.25) is 4.79 Å². The van der Waals surface area contributed by atoms with E-state index in [1.807, 2.05) is 18.2 Å². The molecule has 1 N–H and O–H groups in total. The minimum Gasteiger partial charge on any atom is -0.459 e. The van der Waals surface area contributed by atoms with Crippen molar-refractivity contribution in [1.82, 2.24) is 5.32 Å². The van der Waals surface area contributed by atoms with Gasteiger partial charge in [-0.2, -0.15) is 0 Å². The van der Waals surface area contributed by atoms with Crippen LogP contribution in [-0.2, 0) is 32.1 Å². The maximum atomic E-state index is 14.5. The number of hydrogen-bond acceptors (Lipinski definition) is 5. The van der Waals surface area contributed by atoms with E-state index in [2.05, 4.69) is 5.32 Å². The van der Waals surface area contributed by atoms with Crippen LogP contribution in [-0.4, -0.2) is 30.0 Å². The Labute approximate surface area is 169 Å². The minimum atomic E-state index is -1.06. The monoisotopic (exact) mass is 401 g/mol. The maximum Gasteiger partial charge on any atom is 0.338 e. The number of carbonyl (C=O) groups excluding carboxylic acids is 3. The van der Waals surface area contributed by atoms with Crippen LogP contribution in [0.5, 0.6) is 0 Å². The zero-order chi connectivity index (χ0) is 21.4. The van der Waals surface area contributed by atoms with Crippen LogP contribution in [0, 0.1) is 5.82 Å². The van der Waals surface area contributed by atoms with Crippen molar-refractivity contribution in [3.8, 4) is 0 Å². The maximum absolute atomic E-state index is 14.5. The molecule has 7 heteroatoms. The molecule has 0 bridgehead atoms. The molecule has 0 radical (unpaired) electrons. The van der Waals surface area contributed by atoms with Crippen LogP contribution in [0.4, 0.5) is 4.39 Å². The van der Waals surface area contributed by atoms with E-state index in [-0.39, 0.29) is 24.2 Å². The zero-order valence-electron chi connectivity index (χ0n) is 16.6. The molecule has 1 amide bonds. The van der Waals surface area contributed by atoms with Gasteiger partial charge in [-0.15, -0.1) is 0 Å². The quantitative estimate of drug-likeness (QED) is 0.543. The lowest BCUT2D eigenvalue weighted by Crippen LogP contribution is -2.39. The molecule has 2 rings (SSSR count). The van der Waals surface area contributed by atoms with Gasteiger partial charge in [0.05, 0.1) is 5.56 Å². The average Bonchev–Trinajstić information content (AvgIpc) is 2.66. The smallest absolute Gasteiger partial charge is 0.338 e. The van der Waals surface area contributed by atoms with Crippen molar-refractivity contribution in [3.63, 3.8) is 0 Å². The molecule has 2 aromatic rings. The van der Waals surface area contributed by atoms with Gasteiger partial charge in [0, 0.05) is 6.42 Å². The molecule has 0 aliphatic carbocycles. The summed E-state index contributed by atoms with van der Waals surface area (Å²) in [6.07, 6.45) is 0.244. The van der Waals surface area contributed by atoms with E-state index in [1.54, 1.807) is 32.9 Å². The molecule has 6 nitrogen and oxygen atoms in total. The number of esters is 2. The number of carbonyl (C=O) groups is 3. The molecule has 0 heterocycles. The van der Waals surface area contributed by atoms with Crippen molar-refractivity contribution in [3.05, 3.63) is 71.0 Å². The fraction of sp³-hybridized carbons (Fsp3) is 0.318. The van der Waals surface area contributed by atoms with Crippen LogP contribution in [0.25, 0.3) is 0 Å². The molecular formula is C22H24FNO5. The van der Waals surface area contributed by atoms with Gasteiger partial charge in [0.15, 0.2) is 0 Å². The predicted molar refractivity (Wildman–Crippen MR) is 104 cm³/mol. The van der Waals surface area contributed by atoms with Crippen LogP contribution in [0.2, 0.25) is 0 Å².